The van der Waals surface area contributed by atoms with Crippen LogP contribution in [0.5, 0.6) is 0 Å². The average molecular weight is 591 g/mol. The van der Waals surface area contributed by atoms with Crippen molar-refractivity contribution in [1.82, 2.24) is 0 Å². The zero-order valence-electron chi connectivity index (χ0n) is 16.3. The van der Waals surface area contributed by atoms with E-state index < -0.39 is 69.7 Å². The van der Waals surface area contributed by atoms with Crippen LogP contribution in [0.3, 0.4) is 0 Å². The molecule has 1 atom stereocenters. The molecule has 0 heterocycles. The van der Waals surface area contributed by atoms with Crippen molar-refractivity contribution in [1.29, 1.82) is 0 Å². The minimum atomic E-state index is -8.87. The third kappa shape index (κ3) is 5.80. The molecule has 23 heteroatoms. The van der Waals surface area contributed by atoms with Crippen molar-refractivity contribution in [3.05, 3.63) is 0 Å². The number of halogens is 18. The third-order valence-corrected chi connectivity index (χ3v) is 4.36. The Morgan fingerprint density at radius 1 is 0.629 bits per heavy atom. The summed E-state index contributed by atoms with van der Waals surface area (Å²) in [5.41, 5.74) is 0. The lowest BCUT2D eigenvalue weighted by atomic mass is 9.89. The molecule has 0 aliphatic rings. The van der Waals surface area contributed by atoms with Crippen LogP contribution in [0.15, 0.2) is 0 Å². The van der Waals surface area contributed by atoms with Crippen molar-refractivity contribution in [2.45, 2.75) is 59.6 Å². The molecule has 0 saturated heterocycles. The topological polar surface area (TPSA) is 73.8 Å². The first-order valence-corrected chi connectivity index (χ1v) is 9.25. The molecule has 0 aromatic rings. The van der Waals surface area contributed by atoms with Gasteiger partial charge in [-0.25, -0.2) is 12.8 Å². The largest absolute Gasteiger partial charge is 0.743 e. The summed E-state index contributed by atoms with van der Waals surface area (Å²) in [4.78, 5) is 0. The van der Waals surface area contributed by atoms with Crippen LogP contribution >= 0.6 is 0 Å². The molecular formula is C12H11F18NO3S. The first-order valence-electron chi connectivity index (χ1n) is 7.84. The van der Waals surface area contributed by atoms with Gasteiger partial charge in [0.25, 0.3) is 0 Å². The molecule has 4 nitrogen and oxygen atoms in total. The van der Waals surface area contributed by atoms with E-state index in [1.165, 1.54) is 0 Å². The molecule has 2 N–H and O–H groups in total. The van der Waals surface area contributed by atoms with Crippen molar-refractivity contribution in [2.75, 3.05) is 14.1 Å². The molecule has 0 rings (SSSR count). The van der Waals surface area contributed by atoms with E-state index in [-0.39, 0.29) is 0 Å². The van der Waals surface area contributed by atoms with Gasteiger partial charge in [0.15, 0.2) is 16.3 Å². The summed E-state index contributed by atoms with van der Waals surface area (Å²) in [7, 11) is -4.16. The summed E-state index contributed by atoms with van der Waals surface area (Å²) < 4.78 is 262. The van der Waals surface area contributed by atoms with E-state index in [0.29, 0.717) is 0 Å². The smallest absolute Gasteiger partial charge is 0.402 e. The van der Waals surface area contributed by atoms with E-state index in [1.54, 1.807) is 0 Å². The van der Waals surface area contributed by atoms with Crippen LogP contribution in [0.25, 0.3) is 0 Å². The van der Waals surface area contributed by atoms with E-state index in [1.807, 2.05) is 19.4 Å². The molecule has 0 radical (unpaired) electrons. The number of hydrogen-bond donors (Lipinski definition) is 1. The molecule has 0 saturated carbocycles. The van der Waals surface area contributed by atoms with E-state index in [2.05, 4.69) is 0 Å². The van der Waals surface area contributed by atoms with Gasteiger partial charge in [-0.3, -0.25) is 0 Å². The van der Waals surface area contributed by atoms with Gasteiger partial charge in [-0.2, -0.15) is 74.6 Å². The van der Waals surface area contributed by atoms with Gasteiger partial charge in [-0.15, -0.1) is 0 Å². The summed E-state index contributed by atoms with van der Waals surface area (Å²) >= 11 is 0. The van der Waals surface area contributed by atoms with E-state index in [0.717, 1.165) is 0 Å². The second kappa shape index (κ2) is 9.82. The van der Waals surface area contributed by atoms with Crippen molar-refractivity contribution >= 4 is 10.1 Å². The maximum Gasteiger partial charge on any atom is 0.402 e. The number of quaternary nitrogens is 1. The minimum Gasteiger partial charge on any atom is -0.743 e. The van der Waals surface area contributed by atoms with Gasteiger partial charge in [0.1, 0.15) is 0 Å². The highest BCUT2D eigenvalue weighted by molar-refractivity contribution is 7.86. The monoisotopic (exact) mass is 591 g/mol. The van der Waals surface area contributed by atoms with Crippen LogP contribution in [-0.4, -0.2) is 80.2 Å². The highest BCUT2D eigenvalue weighted by atomic mass is 32.2. The van der Waals surface area contributed by atoms with E-state index >= 15 is 0 Å². The quantitative estimate of drug-likeness (QED) is 0.325. The number of alkyl halides is 18. The van der Waals surface area contributed by atoms with Crippen molar-refractivity contribution in [2.24, 2.45) is 0 Å². The fourth-order valence-electron chi connectivity index (χ4n) is 1.67. The molecule has 0 amide bonds. The standard InChI is InChI=1S/C10H4F18O3S.C2H7N/c11-2(1-3(12,13)14)4(15,16)5(17,18)6(19,20)7(21,22)8(23,24)9(25,26)10(27,28)32(29,30)31;1-3-2/h2H,1H2,(H,29,30,31);3H,1-2H3. The minimum absolute atomic E-state index is 2.00. The summed E-state index contributed by atoms with van der Waals surface area (Å²) in [5.74, 6) is -51.1. The van der Waals surface area contributed by atoms with Crippen LogP contribution in [-0.2, 0) is 10.1 Å². The Morgan fingerprint density at radius 2 is 0.886 bits per heavy atom. The van der Waals surface area contributed by atoms with Crippen LogP contribution in [0, 0.1) is 0 Å². The summed E-state index contributed by atoms with van der Waals surface area (Å²) in [6, 6.07) is 0. The number of rotatable bonds is 9. The van der Waals surface area contributed by atoms with Crippen molar-refractivity contribution in [3.8, 4) is 0 Å². The zero-order chi connectivity index (χ0) is 29.5. The zero-order valence-corrected chi connectivity index (χ0v) is 17.1. The predicted octanol–water partition coefficient (Wildman–Crippen LogP) is 4.04. The first-order chi connectivity index (χ1) is 14.8. The van der Waals surface area contributed by atoms with Crippen molar-refractivity contribution < 1.29 is 97.3 Å². The Kier molecular flexibility index (Phi) is 10.0. The van der Waals surface area contributed by atoms with Crippen LogP contribution in [0.2, 0.25) is 0 Å². The summed E-state index contributed by atoms with van der Waals surface area (Å²) in [6.45, 7) is 0. The normalized spacial score (nSPS) is 16.5. The SMILES string of the molecule is C[NH2+]C.O=S(=O)([O-])C(F)(F)C(F)(F)C(F)(F)C(F)(F)C(F)(F)C(F)(F)C(F)(F)C(F)CC(F)(F)F. The van der Waals surface area contributed by atoms with Crippen LogP contribution in [0.1, 0.15) is 6.42 Å². The van der Waals surface area contributed by atoms with Crippen LogP contribution in [0.4, 0.5) is 79.0 Å². The van der Waals surface area contributed by atoms with Gasteiger partial charge in [0.05, 0.1) is 20.5 Å². The maximum atomic E-state index is 13.3. The molecule has 1 unspecified atom stereocenters. The Labute approximate surface area is 182 Å². The summed E-state index contributed by atoms with van der Waals surface area (Å²) in [6.07, 6.45) is -15.6. The van der Waals surface area contributed by atoms with E-state index in [4.69, 9.17) is 0 Å². The third-order valence-electron chi connectivity index (χ3n) is 3.48. The van der Waals surface area contributed by atoms with Crippen LogP contribution < -0.4 is 5.32 Å². The maximum absolute atomic E-state index is 13.3. The highest BCUT2D eigenvalue weighted by Crippen LogP contribution is 2.63. The summed E-state index contributed by atoms with van der Waals surface area (Å²) in [5, 5.41) is -5.96. The van der Waals surface area contributed by atoms with E-state index in [9.17, 15) is 92.0 Å². The molecule has 0 aliphatic heterocycles. The van der Waals surface area contributed by atoms with Gasteiger partial charge in [-0.1, -0.05) is 0 Å². The molecule has 214 valence electrons. The van der Waals surface area contributed by atoms with Gasteiger partial charge in [-0.05, 0) is 0 Å². The molecular weight excluding hydrogens is 580 g/mol. The van der Waals surface area contributed by atoms with Gasteiger partial charge in [0.2, 0.25) is 0 Å². The predicted molar refractivity (Wildman–Crippen MR) is 73.7 cm³/mol. The number of hydrogen-bond acceptors (Lipinski definition) is 3. The Morgan fingerprint density at radius 3 is 1.14 bits per heavy atom. The van der Waals surface area contributed by atoms with Gasteiger partial charge in [0, 0.05) is 0 Å². The molecule has 0 bridgehead atoms. The lowest BCUT2D eigenvalue weighted by Crippen LogP contribution is -2.74. The molecule has 0 aromatic heterocycles. The fraction of sp³-hybridized carbons (Fsp3) is 1.00. The Bertz CT molecular complexity index is 821. The molecule has 0 aromatic carbocycles. The lowest BCUT2D eigenvalue weighted by Gasteiger charge is -2.43. The molecule has 35 heavy (non-hydrogen) atoms. The lowest BCUT2D eigenvalue weighted by molar-refractivity contribution is -0.597. The average Bonchev–Trinajstić information content (AvgIpc) is 2.58. The molecule has 0 spiro atoms. The molecule has 0 fully saturated rings. The van der Waals surface area contributed by atoms with Crippen molar-refractivity contribution in [3.63, 3.8) is 0 Å². The van der Waals surface area contributed by atoms with Gasteiger partial charge >= 0.3 is 47.0 Å². The Hall–Kier alpha value is -1.39. The highest BCUT2D eigenvalue weighted by Gasteiger charge is 2.94. The Balaban J connectivity index is 0. The van der Waals surface area contributed by atoms with Gasteiger partial charge < -0.3 is 9.87 Å². The second-order valence-corrected chi connectivity index (χ2v) is 7.75. The first kappa shape index (κ1) is 35.8. The number of nitrogens with two attached hydrogens (primary N) is 1. The second-order valence-electron chi connectivity index (χ2n) is 6.33. The molecule has 0 aliphatic carbocycles. The fourth-order valence-corrected chi connectivity index (χ4v) is 2.11.